The third-order valence-corrected chi connectivity index (χ3v) is 5.68. The fourth-order valence-corrected chi connectivity index (χ4v) is 4.29. The van der Waals surface area contributed by atoms with E-state index in [1.165, 1.54) is 50.3 Å². The molecule has 0 aromatic heterocycles. The maximum atomic E-state index is 12.2. The molecule has 2 aliphatic rings. The average molecular weight is 313 g/mol. The van der Waals surface area contributed by atoms with Crippen molar-refractivity contribution in [3.63, 3.8) is 0 Å². The molecule has 1 N–H and O–H groups in total. The van der Waals surface area contributed by atoms with Gasteiger partial charge in [-0.05, 0) is 31.6 Å². The van der Waals surface area contributed by atoms with E-state index in [0.717, 1.165) is 31.7 Å². The summed E-state index contributed by atoms with van der Waals surface area (Å²) in [6, 6.07) is 0.407. The SMILES string of the molecule is O=C(O)CSCC(=O)N1CCCC1CCC1CCCCC1. The van der Waals surface area contributed by atoms with E-state index in [2.05, 4.69) is 0 Å². The van der Waals surface area contributed by atoms with Gasteiger partial charge < -0.3 is 10.0 Å². The van der Waals surface area contributed by atoms with Gasteiger partial charge in [-0.2, -0.15) is 0 Å². The van der Waals surface area contributed by atoms with Gasteiger partial charge in [-0.15, -0.1) is 11.8 Å². The average Bonchev–Trinajstić information content (AvgIpc) is 2.94. The lowest BCUT2D eigenvalue weighted by Gasteiger charge is -2.27. The lowest BCUT2D eigenvalue weighted by molar-refractivity contribution is -0.133. The molecule has 5 heteroatoms. The van der Waals surface area contributed by atoms with Gasteiger partial charge in [0.15, 0.2) is 0 Å². The molecule has 1 aliphatic heterocycles. The van der Waals surface area contributed by atoms with Gasteiger partial charge in [0.25, 0.3) is 0 Å². The standard InChI is InChI=1S/C16H27NO3S/c18-15(11-21-12-16(19)20)17-10-4-7-14(17)9-8-13-5-2-1-3-6-13/h13-14H,1-12H2,(H,19,20). The highest BCUT2D eigenvalue weighted by Gasteiger charge is 2.29. The number of carbonyl (C=O) groups excluding carboxylic acids is 1. The Hall–Kier alpha value is -0.710. The molecule has 0 bridgehead atoms. The minimum atomic E-state index is -0.844. The third kappa shape index (κ3) is 5.53. The van der Waals surface area contributed by atoms with E-state index < -0.39 is 5.97 Å². The van der Waals surface area contributed by atoms with Crippen LogP contribution in [0.2, 0.25) is 0 Å². The van der Waals surface area contributed by atoms with Crippen molar-refractivity contribution >= 4 is 23.6 Å². The molecule has 1 saturated heterocycles. The van der Waals surface area contributed by atoms with Crippen LogP contribution < -0.4 is 0 Å². The topological polar surface area (TPSA) is 57.6 Å². The first-order valence-electron chi connectivity index (χ1n) is 8.26. The van der Waals surface area contributed by atoms with E-state index in [-0.39, 0.29) is 11.7 Å². The Morgan fingerprint density at radius 1 is 1.00 bits per heavy atom. The summed E-state index contributed by atoms with van der Waals surface area (Å²) in [5.74, 6) is 0.492. The monoisotopic (exact) mass is 313 g/mol. The summed E-state index contributed by atoms with van der Waals surface area (Å²) in [6.07, 6.45) is 11.5. The van der Waals surface area contributed by atoms with Gasteiger partial charge in [0.05, 0.1) is 11.5 Å². The summed E-state index contributed by atoms with van der Waals surface area (Å²) < 4.78 is 0. The normalized spacial score (nSPS) is 23.4. The first-order valence-corrected chi connectivity index (χ1v) is 9.41. The molecule has 0 aromatic carbocycles. The van der Waals surface area contributed by atoms with Gasteiger partial charge >= 0.3 is 5.97 Å². The molecule has 1 aliphatic carbocycles. The second-order valence-corrected chi connectivity index (χ2v) is 7.34. The van der Waals surface area contributed by atoms with Crippen LogP contribution in [0.4, 0.5) is 0 Å². The van der Waals surface area contributed by atoms with Crippen LogP contribution >= 0.6 is 11.8 Å². The van der Waals surface area contributed by atoms with Crippen molar-refractivity contribution in [2.75, 3.05) is 18.1 Å². The predicted octanol–water partition coefficient (Wildman–Crippen LogP) is 3.16. The molecule has 2 rings (SSSR count). The molecular weight excluding hydrogens is 286 g/mol. The van der Waals surface area contributed by atoms with Crippen LogP contribution in [-0.2, 0) is 9.59 Å². The van der Waals surface area contributed by atoms with Crippen LogP contribution in [0.5, 0.6) is 0 Å². The number of hydrogen-bond acceptors (Lipinski definition) is 3. The highest BCUT2D eigenvalue weighted by molar-refractivity contribution is 8.00. The zero-order valence-electron chi connectivity index (χ0n) is 12.8. The van der Waals surface area contributed by atoms with E-state index in [1.54, 1.807) is 0 Å². The minimum absolute atomic E-state index is 0.0202. The summed E-state index contributed by atoms with van der Waals surface area (Å²) in [5, 5.41) is 8.63. The van der Waals surface area contributed by atoms with Crippen molar-refractivity contribution in [1.29, 1.82) is 0 Å². The lowest BCUT2D eigenvalue weighted by atomic mass is 9.85. The van der Waals surface area contributed by atoms with Crippen LogP contribution in [0.25, 0.3) is 0 Å². The molecule has 4 nitrogen and oxygen atoms in total. The quantitative estimate of drug-likeness (QED) is 0.784. The van der Waals surface area contributed by atoms with Crippen LogP contribution in [0.15, 0.2) is 0 Å². The molecule has 0 radical (unpaired) electrons. The number of carboxylic acid groups (broad SMARTS) is 1. The van der Waals surface area contributed by atoms with Gasteiger partial charge in [-0.25, -0.2) is 0 Å². The molecule has 120 valence electrons. The Kier molecular flexibility index (Phi) is 6.87. The highest BCUT2D eigenvalue weighted by atomic mass is 32.2. The summed E-state index contributed by atoms with van der Waals surface area (Å²) >= 11 is 1.21. The summed E-state index contributed by atoms with van der Waals surface area (Å²) in [5.41, 5.74) is 0. The number of aliphatic carboxylic acids is 1. The second kappa shape index (κ2) is 8.66. The van der Waals surface area contributed by atoms with E-state index in [9.17, 15) is 9.59 Å². The van der Waals surface area contributed by atoms with Crippen LogP contribution in [0.3, 0.4) is 0 Å². The first kappa shape index (κ1) is 16.7. The number of rotatable bonds is 7. The molecular formula is C16H27NO3S. The molecule has 1 unspecified atom stereocenters. The van der Waals surface area contributed by atoms with Crippen molar-refractivity contribution in [1.82, 2.24) is 4.90 Å². The molecule has 1 amide bonds. The lowest BCUT2D eigenvalue weighted by Crippen LogP contribution is -2.37. The van der Waals surface area contributed by atoms with E-state index >= 15 is 0 Å². The van der Waals surface area contributed by atoms with Crippen LogP contribution in [0.1, 0.15) is 57.8 Å². The second-order valence-electron chi connectivity index (χ2n) is 6.35. The number of likely N-dealkylation sites (tertiary alicyclic amines) is 1. The molecule has 0 aromatic rings. The van der Waals surface area contributed by atoms with Crippen molar-refractivity contribution in [2.45, 2.75) is 63.8 Å². The van der Waals surface area contributed by atoms with Gasteiger partial charge in [-0.1, -0.05) is 32.1 Å². The van der Waals surface area contributed by atoms with Gasteiger partial charge in [0.2, 0.25) is 5.91 Å². The fraction of sp³-hybridized carbons (Fsp3) is 0.875. The fourth-order valence-electron chi connectivity index (χ4n) is 3.68. The van der Waals surface area contributed by atoms with E-state index in [0.29, 0.717) is 11.8 Å². The number of amides is 1. The minimum Gasteiger partial charge on any atom is -0.481 e. The Labute approximate surface area is 131 Å². The van der Waals surface area contributed by atoms with Crippen molar-refractivity contribution in [2.24, 2.45) is 5.92 Å². The molecule has 2 fully saturated rings. The molecule has 1 atom stereocenters. The number of carbonyl (C=O) groups is 2. The Morgan fingerprint density at radius 2 is 1.76 bits per heavy atom. The van der Waals surface area contributed by atoms with Crippen LogP contribution in [0, 0.1) is 5.92 Å². The van der Waals surface area contributed by atoms with Crippen molar-refractivity contribution < 1.29 is 14.7 Å². The predicted molar refractivity (Wildman–Crippen MR) is 85.5 cm³/mol. The van der Waals surface area contributed by atoms with Crippen LogP contribution in [-0.4, -0.2) is 46.0 Å². The van der Waals surface area contributed by atoms with Gasteiger partial charge in [-0.3, -0.25) is 9.59 Å². The molecule has 1 heterocycles. The number of thioether (sulfide) groups is 1. The number of nitrogens with zero attached hydrogens (tertiary/aromatic N) is 1. The van der Waals surface area contributed by atoms with Crippen molar-refractivity contribution in [3.05, 3.63) is 0 Å². The highest BCUT2D eigenvalue weighted by Crippen LogP contribution is 2.30. The maximum Gasteiger partial charge on any atom is 0.313 e. The summed E-state index contributed by atoms with van der Waals surface area (Å²) in [6.45, 7) is 0.863. The Bertz CT molecular complexity index is 355. The summed E-state index contributed by atoms with van der Waals surface area (Å²) in [7, 11) is 0. The largest absolute Gasteiger partial charge is 0.481 e. The zero-order chi connectivity index (χ0) is 15.1. The first-order chi connectivity index (χ1) is 10.2. The van der Waals surface area contributed by atoms with Crippen molar-refractivity contribution in [3.8, 4) is 0 Å². The smallest absolute Gasteiger partial charge is 0.313 e. The molecule has 1 saturated carbocycles. The molecule has 21 heavy (non-hydrogen) atoms. The summed E-state index contributed by atoms with van der Waals surface area (Å²) in [4.78, 5) is 24.7. The van der Waals surface area contributed by atoms with E-state index in [1.807, 2.05) is 4.90 Å². The Morgan fingerprint density at radius 3 is 2.48 bits per heavy atom. The number of hydrogen-bond donors (Lipinski definition) is 1. The van der Waals surface area contributed by atoms with Gasteiger partial charge in [0, 0.05) is 12.6 Å². The third-order valence-electron chi connectivity index (χ3n) is 4.78. The maximum absolute atomic E-state index is 12.2. The van der Waals surface area contributed by atoms with Gasteiger partial charge in [0.1, 0.15) is 0 Å². The Balaban J connectivity index is 1.71. The van der Waals surface area contributed by atoms with E-state index in [4.69, 9.17) is 5.11 Å². The zero-order valence-corrected chi connectivity index (χ0v) is 13.6. The number of carboxylic acids is 1. The molecule has 0 spiro atoms.